The number of carboxylic acids is 1. The van der Waals surface area contributed by atoms with Gasteiger partial charge in [-0.3, -0.25) is 5.73 Å². The number of piperidine rings is 1. The third kappa shape index (κ3) is 13.3. The molecular weight excluding hydrogens is 468 g/mol. The minimum atomic E-state index is -1.19. The first-order valence-electron chi connectivity index (χ1n) is 15.6. The molecule has 7 N–H and O–H groups in total. The highest BCUT2D eigenvalue weighted by Gasteiger charge is 2.39. The van der Waals surface area contributed by atoms with Crippen LogP contribution in [-0.4, -0.2) is 51.8 Å². The molecule has 0 aromatic heterocycles. The van der Waals surface area contributed by atoms with Gasteiger partial charge in [0.05, 0.1) is 24.4 Å². The molecule has 2 aliphatic rings. The highest BCUT2D eigenvalue weighted by molar-refractivity contribution is 5.68. The van der Waals surface area contributed by atoms with Crippen LogP contribution < -0.4 is 16.2 Å². The van der Waals surface area contributed by atoms with Gasteiger partial charge in [-0.25, -0.2) is 0 Å². The predicted octanol–water partition coefficient (Wildman–Crippen LogP) is 2.74. The summed E-state index contributed by atoms with van der Waals surface area (Å²) in [7, 11) is 0. The Morgan fingerprint density at radius 1 is 0.973 bits per heavy atom. The number of rotatable bonds is 20. The van der Waals surface area contributed by atoms with Gasteiger partial charge in [0.15, 0.2) is 0 Å². The van der Waals surface area contributed by atoms with Gasteiger partial charge in [-0.1, -0.05) is 64.7 Å². The fourth-order valence-corrected chi connectivity index (χ4v) is 6.78. The Morgan fingerprint density at radius 3 is 2.24 bits per heavy atom. The van der Waals surface area contributed by atoms with Crippen molar-refractivity contribution in [3.63, 3.8) is 0 Å². The van der Waals surface area contributed by atoms with Crippen LogP contribution in [0.4, 0.5) is 0 Å². The van der Waals surface area contributed by atoms with E-state index in [2.05, 4.69) is 12.2 Å². The van der Waals surface area contributed by atoms with Crippen LogP contribution in [0.1, 0.15) is 135 Å². The molecule has 0 radical (unpaired) electrons. The fourth-order valence-electron chi connectivity index (χ4n) is 6.78. The Balaban J connectivity index is 1.59. The lowest BCUT2D eigenvalue weighted by atomic mass is 9.84. The van der Waals surface area contributed by atoms with Crippen LogP contribution in [0.2, 0.25) is 0 Å². The molecule has 2 unspecified atom stereocenters. The summed E-state index contributed by atoms with van der Waals surface area (Å²) in [5.74, 6) is -0.935. The average molecular weight is 527 g/mol. The number of aliphatic hydroxyl groups is 3. The van der Waals surface area contributed by atoms with Crippen molar-refractivity contribution in [2.75, 3.05) is 6.54 Å². The van der Waals surface area contributed by atoms with Gasteiger partial charge in [0.1, 0.15) is 6.17 Å². The largest absolute Gasteiger partial charge is 0.550 e. The van der Waals surface area contributed by atoms with E-state index in [1.807, 2.05) is 0 Å². The highest BCUT2D eigenvalue weighted by atomic mass is 16.4. The third-order valence-corrected chi connectivity index (χ3v) is 9.12. The van der Waals surface area contributed by atoms with E-state index in [1.165, 1.54) is 32.1 Å². The van der Waals surface area contributed by atoms with Gasteiger partial charge in [0.2, 0.25) is 0 Å². The molecule has 7 nitrogen and oxygen atoms in total. The molecule has 0 aromatic carbocycles. The van der Waals surface area contributed by atoms with Gasteiger partial charge in [-0.2, -0.15) is 0 Å². The Morgan fingerprint density at radius 2 is 1.62 bits per heavy atom. The number of nitrogens with two attached hydrogens (primary N) is 2. The summed E-state index contributed by atoms with van der Waals surface area (Å²) < 4.78 is 0. The predicted molar refractivity (Wildman–Crippen MR) is 145 cm³/mol. The smallest absolute Gasteiger partial charge is 0.137 e. The maximum absolute atomic E-state index is 11.7. The van der Waals surface area contributed by atoms with Crippen molar-refractivity contribution in [3.8, 4) is 0 Å². The molecule has 7 heteroatoms. The van der Waals surface area contributed by atoms with Gasteiger partial charge in [-0.05, 0) is 76.0 Å². The topological polar surface area (TPSA) is 143 Å². The Labute approximate surface area is 226 Å². The molecule has 1 heterocycles. The van der Waals surface area contributed by atoms with Crippen LogP contribution in [0.3, 0.4) is 0 Å². The van der Waals surface area contributed by atoms with Crippen molar-refractivity contribution in [1.82, 2.24) is 0 Å². The van der Waals surface area contributed by atoms with Crippen molar-refractivity contribution >= 4 is 5.97 Å². The molecule has 1 saturated carbocycles. The zero-order chi connectivity index (χ0) is 27.1. The van der Waals surface area contributed by atoms with E-state index >= 15 is 0 Å². The standard InChI is InChI=1S/C30H58N2O5/c1-2-3-4-5-8-11-25(33)12-9-6-7-10-13-26(29(35)36)27(34)15-18-30(37)17-14-24(22-30)20-23-16-19-32-28(31)21-23/h23-28,32-34,37H,2-22,31H2,1H3,(H,35,36)/t23?,24-,25-,26-,27+,28?,30-/m0/s1. The number of carboxylic acid groups (broad SMARTS) is 1. The molecule has 0 aromatic rings. The lowest BCUT2D eigenvalue weighted by Crippen LogP contribution is -2.94. The second-order valence-electron chi connectivity index (χ2n) is 12.5. The summed E-state index contributed by atoms with van der Waals surface area (Å²) in [6.45, 7) is 3.29. The number of hydrogen-bond donors (Lipinski definition) is 5. The van der Waals surface area contributed by atoms with Crippen LogP contribution in [0.15, 0.2) is 0 Å². The summed E-state index contributed by atoms with van der Waals surface area (Å²) >= 11 is 0. The highest BCUT2D eigenvalue weighted by Crippen LogP contribution is 2.42. The number of aliphatic carboxylic acids is 1. The molecule has 1 aliphatic carbocycles. The van der Waals surface area contributed by atoms with Crippen LogP contribution in [-0.2, 0) is 4.79 Å². The second-order valence-corrected chi connectivity index (χ2v) is 12.5. The number of unbranched alkanes of at least 4 members (excludes halogenated alkanes) is 7. The number of carbonyl (C=O) groups excluding carboxylic acids is 1. The lowest BCUT2D eigenvalue weighted by molar-refractivity contribution is -0.699. The van der Waals surface area contributed by atoms with E-state index in [4.69, 9.17) is 5.73 Å². The van der Waals surface area contributed by atoms with Crippen LogP contribution in [0.5, 0.6) is 0 Å². The maximum atomic E-state index is 11.7. The minimum Gasteiger partial charge on any atom is -0.550 e. The Bertz CT molecular complexity index is 621. The molecule has 2 fully saturated rings. The molecule has 218 valence electrons. The van der Waals surface area contributed by atoms with E-state index in [9.17, 15) is 25.2 Å². The SMILES string of the molecule is CCCCCCC[C@H](O)CCCCCC[C@H](C(=O)[O-])[C@H](O)CC[C@@]1(O)CC[C@@H](CC2CC[NH2+]C(N)C2)C1. The van der Waals surface area contributed by atoms with Crippen LogP contribution in [0, 0.1) is 17.8 Å². The Hall–Kier alpha value is -0.730. The molecule has 0 amide bonds. The zero-order valence-electron chi connectivity index (χ0n) is 23.6. The van der Waals surface area contributed by atoms with Crippen molar-refractivity contribution in [3.05, 3.63) is 0 Å². The summed E-state index contributed by atoms with van der Waals surface area (Å²) in [6.07, 6.45) is 17.3. The third-order valence-electron chi connectivity index (χ3n) is 9.12. The summed E-state index contributed by atoms with van der Waals surface area (Å²) in [5, 5.41) is 45.8. The summed E-state index contributed by atoms with van der Waals surface area (Å²) in [6, 6.07) is 0. The molecular formula is C30H58N2O5. The monoisotopic (exact) mass is 526 g/mol. The van der Waals surface area contributed by atoms with Gasteiger partial charge >= 0.3 is 0 Å². The van der Waals surface area contributed by atoms with Crippen LogP contribution in [0.25, 0.3) is 0 Å². The molecule has 1 saturated heterocycles. The molecule has 7 atom stereocenters. The molecule has 0 spiro atoms. The molecule has 37 heavy (non-hydrogen) atoms. The van der Waals surface area contributed by atoms with E-state index in [1.54, 1.807) is 0 Å². The number of carbonyl (C=O) groups is 1. The number of aliphatic hydroxyl groups excluding tert-OH is 2. The minimum absolute atomic E-state index is 0.201. The zero-order valence-corrected chi connectivity index (χ0v) is 23.6. The van der Waals surface area contributed by atoms with E-state index in [0.717, 1.165) is 83.6 Å². The second kappa shape index (κ2) is 17.8. The van der Waals surface area contributed by atoms with E-state index in [0.29, 0.717) is 31.1 Å². The maximum Gasteiger partial charge on any atom is 0.137 e. The van der Waals surface area contributed by atoms with Gasteiger partial charge in [0.25, 0.3) is 0 Å². The normalized spacial score (nSPS) is 28.7. The van der Waals surface area contributed by atoms with Gasteiger partial charge in [0, 0.05) is 18.3 Å². The first kappa shape index (κ1) is 32.5. The van der Waals surface area contributed by atoms with Crippen molar-refractivity contribution in [2.45, 2.75) is 159 Å². The van der Waals surface area contributed by atoms with E-state index < -0.39 is 23.6 Å². The van der Waals surface area contributed by atoms with Gasteiger partial charge in [-0.15, -0.1) is 0 Å². The van der Waals surface area contributed by atoms with Crippen LogP contribution >= 0.6 is 0 Å². The summed E-state index contributed by atoms with van der Waals surface area (Å²) in [4.78, 5) is 11.7. The fraction of sp³-hybridized carbons (Fsp3) is 0.967. The van der Waals surface area contributed by atoms with Crippen molar-refractivity contribution in [1.29, 1.82) is 0 Å². The number of hydrogen-bond acceptors (Lipinski definition) is 6. The average Bonchev–Trinajstić information content (AvgIpc) is 3.22. The molecule has 1 aliphatic heterocycles. The van der Waals surface area contributed by atoms with Crippen molar-refractivity contribution < 1.29 is 30.5 Å². The van der Waals surface area contributed by atoms with Crippen molar-refractivity contribution in [2.24, 2.45) is 23.5 Å². The van der Waals surface area contributed by atoms with Gasteiger partial charge < -0.3 is 30.5 Å². The number of quaternary nitrogens is 1. The summed E-state index contributed by atoms with van der Waals surface area (Å²) in [5.41, 5.74) is 5.30. The Kier molecular flexibility index (Phi) is 15.6. The quantitative estimate of drug-likeness (QED) is 0.154. The first-order chi connectivity index (χ1) is 17.7. The first-order valence-corrected chi connectivity index (χ1v) is 15.6. The molecule has 2 rings (SSSR count). The van der Waals surface area contributed by atoms with E-state index in [-0.39, 0.29) is 12.3 Å². The lowest BCUT2D eigenvalue weighted by Gasteiger charge is -2.29. The molecule has 0 bridgehead atoms.